The molecule has 0 aliphatic carbocycles. The second-order valence-electron chi connectivity index (χ2n) is 8.80. The Kier molecular flexibility index (Phi) is 9.97. The van der Waals surface area contributed by atoms with Crippen LogP contribution in [-0.4, -0.2) is 34.4 Å². The zero-order valence-corrected chi connectivity index (χ0v) is 20.6. The van der Waals surface area contributed by atoms with Crippen LogP contribution in [0.5, 0.6) is 0 Å². The smallest absolute Gasteiger partial charge is 0.229 e. The van der Waals surface area contributed by atoms with Crippen molar-refractivity contribution in [2.24, 2.45) is 0 Å². The van der Waals surface area contributed by atoms with Gasteiger partial charge in [-0.3, -0.25) is 9.59 Å². The van der Waals surface area contributed by atoms with Gasteiger partial charge in [-0.2, -0.15) is 0 Å². The van der Waals surface area contributed by atoms with Crippen molar-refractivity contribution < 1.29 is 9.59 Å². The lowest BCUT2D eigenvalue weighted by atomic mass is 10.2. The summed E-state index contributed by atoms with van der Waals surface area (Å²) in [5.74, 6) is 1.31. The number of hydrogen-bond donors (Lipinski definition) is 2. The van der Waals surface area contributed by atoms with E-state index < -0.39 is 0 Å². The van der Waals surface area contributed by atoms with Crippen LogP contribution in [-0.2, 0) is 21.1 Å². The minimum atomic E-state index is -0.236. The van der Waals surface area contributed by atoms with Crippen molar-refractivity contribution in [3.05, 3.63) is 71.8 Å². The van der Waals surface area contributed by atoms with E-state index in [1.807, 2.05) is 36.4 Å². The van der Waals surface area contributed by atoms with Gasteiger partial charge in [0.1, 0.15) is 6.42 Å². The number of carbonyl (C=O) groups is 2. The first-order valence-electron chi connectivity index (χ1n) is 10.5. The monoisotopic (exact) mass is 458 g/mol. The largest absolute Gasteiger partial charge is 0.354 e. The average molecular weight is 459 g/mol. The first-order chi connectivity index (χ1) is 14.7. The molecule has 2 amide bonds. The molecule has 0 unspecified atom stereocenters. The summed E-state index contributed by atoms with van der Waals surface area (Å²) in [6, 6.07) is 20.6. The van der Waals surface area contributed by atoms with Crippen LogP contribution in [0.15, 0.2) is 60.7 Å². The zero-order valence-electron chi connectivity index (χ0n) is 18.9. The predicted octanol–water partition coefficient (Wildman–Crippen LogP) is 5.03. The summed E-state index contributed by atoms with van der Waals surface area (Å²) >= 11 is 3.58. The first kappa shape index (κ1) is 25.3. The average Bonchev–Trinajstić information content (AvgIpc) is 2.75. The summed E-state index contributed by atoms with van der Waals surface area (Å²) in [4.78, 5) is 24.4. The Balaban J connectivity index is 1.66. The molecule has 0 bridgehead atoms. The lowest BCUT2D eigenvalue weighted by molar-refractivity contribution is -0.129. The normalized spacial score (nSPS) is 11.7. The Bertz CT molecular complexity index is 754. The van der Waals surface area contributed by atoms with Gasteiger partial charge < -0.3 is 10.6 Å². The Morgan fingerprint density at radius 2 is 1.03 bits per heavy atom. The Hall–Kier alpha value is -1.92. The third-order valence-electron chi connectivity index (χ3n) is 4.69. The number of benzene rings is 2. The molecular formula is C25H34N2O2S2. The van der Waals surface area contributed by atoms with Crippen LogP contribution >= 0.6 is 23.5 Å². The SMILES string of the molecule is CC(C)(CNC(=O)CC(=O)NCC(C)(C)SCc1ccccc1)SCc1ccccc1. The van der Waals surface area contributed by atoms with Gasteiger partial charge in [0.2, 0.25) is 11.8 Å². The van der Waals surface area contributed by atoms with Crippen molar-refractivity contribution in [1.29, 1.82) is 0 Å². The molecule has 31 heavy (non-hydrogen) atoms. The maximum Gasteiger partial charge on any atom is 0.229 e. The molecular weight excluding hydrogens is 424 g/mol. The van der Waals surface area contributed by atoms with E-state index in [-0.39, 0.29) is 27.7 Å². The second-order valence-corrected chi connectivity index (χ2v) is 12.2. The fraction of sp³-hybridized carbons (Fsp3) is 0.440. The molecule has 0 aliphatic heterocycles. The zero-order chi connectivity index (χ0) is 22.7. The van der Waals surface area contributed by atoms with Crippen LogP contribution in [0, 0.1) is 0 Å². The topological polar surface area (TPSA) is 58.2 Å². The molecule has 2 aromatic rings. The van der Waals surface area contributed by atoms with Crippen molar-refractivity contribution >= 4 is 35.3 Å². The summed E-state index contributed by atoms with van der Waals surface area (Å²) in [7, 11) is 0. The van der Waals surface area contributed by atoms with E-state index in [0.29, 0.717) is 13.1 Å². The van der Waals surface area contributed by atoms with Crippen molar-refractivity contribution in [2.75, 3.05) is 13.1 Å². The van der Waals surface area contributed by atoms with E-state index in [1.54, 1.807) is 23.5 Å². The molecule has 0 atom stereocenters. The van der Waals surface area contributed by atoms with E-state index in [2.05, 4.69) is 62.6 Å². The number of thioether (sulfide) groups is 2. The summed E-state index contributed by atoms with van der Waals surface area (Å²) in [5, 5.41) is 5.82. The van der Waals surface area contributed by atoms with Gasteiger partial charge in [0.15, 0.2) is 0 Å². The van der Waals surface area contributed by atoms with E-state index >= 15 is 0 Å². The number of carbonyl (C=O) groups excluding carboxylic acids is 2. The highest BCUT2D eigenvalue weighted by molar-refractivity contribution is 8.00. The number of rotatable bonds is 12. The molecule has 0 radical (unpaired) electrons. The summed E-state index contributed by atoms with van der Waals surface area (Å²) < 4.78 is -0.226. The molecule has 6 heteroatoms. The lowest BCUT2D eigenvalue weighted by Crippen LogP contribution is -2.41. The fourth-order valence-electron chi connectivity index (χ4n) is 2.70. The number of hydrogen-bond acceptors (Lipinski definition) is 4. The predicted molar refractivity (Wildman–Crippen MR) is 134 cm³/mol. The summed E-state index contributed by atoms with van der Waals surface area (Å²) in [5.41, 5.74) is 2.53. The van der Waals surface area contributed by atoms with Gasteiger partial charge in [0.25, 0.3) is 0 Å². The highest BCUT2D eigenvalue weighted by Gasteiger charge is 2.22. The van der Waals surface area contributed by atoms with E-state index in [1.165, 1.54) is 11.1 Å². The van der Waals surface area contributed by atoms with Crippen LogP contribution < -0.4 is 10.6 Å². The van der Waals surface area contributed by atoms with Crippen molar-refractivity contribution in [3.63, 3.8) is 0 Å². The van der Waals surface area contributed by atoms with Crippen LogP contribution in [0.3, 0.4) is 0 Å². The van der Waals surface area contributed by atoms with Crippen molar-refractivity contribution in [2.45, 2.75) is 55.1 Å². The molecule has 0 fully saturated rings. The highest BCUT2D eigenvalue weighted by Crippen LogP contribution is 2.28. The first-order valence-corrected chi connectivity index (χ1v) is 12.5. The van der Waals surface area contributed by atoms with Gasteiger partial charge in [-0.1, -0.05) is 60.7 Å². The van der Waals surface area contributed by atoms with Crippen LogP contribution in [0.4, 0.5) is 0 Å². The van der Waals surface area contributed by atoms with Gasteiger partial charge in [-0.25, -0.2) is 0 Å². The molecule has 2 rings (SSSR count). The number of amides is 2. The minimum Gasteiger partial charge on any atom is -0.354 e. The van der Waals surface area contributed by atoms with Gasteiger partial charge in [0, 0.05) is 34.1 Å². The molecule has 0 spiro atoms. The fourth-order valence-corrected chi connectivity index (χ4v) is 4.55. The molecule has 0 aromatic heterocycles. The molecule has 0 saturated carbocycles. The quantitative estimate of drug-likeness (QED) is 0.438. The number of nitrogens with one attached hydrogen (secondary N) is 2. The van der Waals surface area contributed by atoms with Gasteiger partial charge in [-0.05, 0) is 38.8 Å². The van der Waals surface area contributed by atoms with Gasteiger partial charge in [-0.15, -0.1) is 23.5 Å². The lowest BCUT2D eigenvalue weighted by Gasteiger charge is -2.25. The molecule has 2 aromatic carbocycles. The van der Waals surface area contributed by atoms with E-state index in [4.69, 9.17) is 0 Å². The third kappa shape index (κ3) is 10.8. The second kappa shape index (κ2) is 12.2. The van der Waals surface area contributed by atoms with E-state index in [9.17, 15) is 9.59 Å². The van der Waals surface area contributed by atoms with Crippen molar-refractivity contribution in [3.8, 4) is 0 Å². The standard InChI is InChI=1S/C25H34N2O2S2/c1-24(2,30-16-20-11-7-5-8-12-20)18-26-22(28)15-23(29)27-19-25(3,4)31-17-21-13-9-6-10-14-21/h5-14H,15-19H2,1-4H3,(H,26,28)(H,27,29). The summed E-state index contributed by atoms with van der Waals surface area (Å²) in [6.07, 6.45) is -0.140. The molecule has 0 heterocycles. The molecule has 168 valence electrons. The van der Waals surface area contributed by atoms with Gasteiger partial charge in [0.05, 0.1) is 0 Å². The van der Waals surface area contributed by atoms with Crippen LogP contribution in [0.2, 0.25) is 0 Å². The maximum absolute atomic E-state index is 12.2. The molecule has 4 nitrogen and oxygen atoms in total. The van der Waals surface area contributed by atoms with Crippen LogP contribution in [0.1, 0.15) is 45.2 Å². The Labute approximate surface area is 195 Å². The Morgan fingerprint density at radius 3 is 1.39 bits per heavy atom. The van der Waals surface area contributed by atoms with Gasteiger partial charge >= 0.3 is 0 Å². The summed E-state index contributed by atoms with van der Waals surface area (Å²) in [6.45, 7) is 9.46. The molecule has 0 saturated heterocycles. The minimum absolute atomic E-state index is 0.113. The highest BCUT2D eigenvalue weighted by atomic mass is 32.2. The Morgan fingerprint density at radius 1 is 0.677 bits per heavy atom. The molecule has 2 N–H and O–H groups in total. The third-order valence-corrected chi connectivity index (χ3v) is 7.50. The van der Waals surface area contributed by atoms with Crippen molar-refractivity contribution in [1.82, 2.24) is 10.6 Å². The maximum atomic E-state index is 12.2. The van der Waals surface area contributed by atoms with Crippen LogP contribution in [0.25, 0.3) is 0 Å². The molecule has 0 aliphatic rings. The van der Waals surface area contributed by atoms with E-state index in [0.717, 1.165) is 11.5 Å².